The Labute approximate surface area is 195 Å². The molecule has 2 aliphatic rings. The smallest absolute Gasteiger partial charge is 0.162 e. The molecule has 1 aromatic heterocycles. The van der Waals surface area contributed by atoms with E-state index in [2.05, 4.69) is 39.8 Å². The highest BCUT2D eigenvalue weighted by molar-refractivity contribution is 5.68. The molecular weight excluding hydrogens is 416 g/mol. The molecule has 6 heteroatoms. The number of hydrogen-bond donors (Lipinski definition) is 0. The van der Waals surface area contributed by atoms with Crippen LogP contribution in [0.4, 0.5) is 0 Å². The second-order valence-electron chi connectivity index (χ2n) is 10.1. The fraction of sp³-hybridized carbons (Fsp3) is 0.444. The lowest BCUT2D eigenvalue weighted by Gasteiger charge is -2.45. The van der Waals surface area contributed by atoms with Crippen molar-refractivity contribution in [3.63, 3.8) is 0 Å². The summed E-state index contributed by atoms with van der Waals surface area (Å²) in [6.07, 6.45) is 1.83. The summed E-state index contributed by atoms with van der Waals surface area (Å²) in [6, 6.07) is 16.3. The Kier molecular flexibility index (Phi) is 5.36. The van der Waals surface area contributed by atoms with Gasteiger partial charge < -0.3 is 18.9 Å². The molecule has 2 aromatic carbocycles. The van der Waals surface area contributed by atoms with Gasteiger partial charge in [-0.1, -0.05) is 12.1 Å². The number of nitrogens with zero attached hydrogens (tertiary/aromatic N) is 2. The van der Waals surface area contributed by atoms with Crippen LogP contribution in [-0.2, 0) is 4.74 Å². The van der Waals surface area contributed by atoms with Gasteiger partial charge in [-0.05, 0) is 76.9 Å². The van der Waals surface area contributed by atoms with Gasteiger partial charge in [0.1, 0.15) is 24.7 Å². The number of methoxy groups -OCH3 is 1. The molecule has 0 saturated carbocycles. The number of benzene rings is 2. The molecule has 0 atom stereocenters. The summed E-state index contributed by atoms with van der Waals surface area (Å²) in [5.41, 5.74) is 3.57. The van der Waals surface area contributed by atoms with Crippen molar-refractivity contribution in [3.8, 4) is 34.2 Å². The van der Waals surface area contributed by atoms with E-state index >= 15 is 0 Å². The molecule has 1 saturated heterocycles. The highest BCUT2D eigenvalue weighted by Crippen LogP contribution is 2.44. The molecular formula is C27H32N2O4. The minimum Gasteiger partial charge on any atom is -0.494 e. The Morgan fingerprint density at radius 3 is 2.33 bits per heavy atom. The van der Waals surface area contributed by atoms with Crippen molar-refractivity contribution < 1.29 is 18.9 Å². The van der Waals surface area contributed by atoms with Crippen LogP contribution < -0.4 is 14.2 Å². The van der Waals surface area contributed by atoms with E-state index in [4.69, 9.17) is 24.0 Å². The number of hydrogen-bond acceptors (Lipinski definition) is 5. The number of ether oxygens (including phenoxy) is 4. The largest absolute Gasteiger partial charge is 0.494 e. The van der Waals surface area contributed by atoms with Crippen LogP contribution in [0.1, 0.15) is 52.1 Å². The van der Waals surface area contributed by atoms with E-state index < -0.39 is 0 Å². The zero-order chi connectivity index (χ0) is 23.2. The van der Waals surface area contributed by atoms with E-state index in [9.17, 15) is 0 Å². The predicted octanol–water partition coefficient (Wildman–Crippen LogP) is 5.77. The summed E-state index contributed by atoms with van der Waals surface area (Å²) in [6.45, 7) is 9.80. The van der Waals surface area contributed by atoms with Crippen molar-refractivity contribution in [3.05, 3.63) is 54.2 Å². The summed E-state index contributed by atoms with van der Waals surface area (Å²) in [5.74, 6) is 2.61. The fourth-order valence-corrected chi connectivity index (χ4v) is 5.29. The van der Waals surface area contributed by atoms with Crippen molar-refractivity contribution in [2.45, 2.75) is 57.7 Å². The van der Waals surface area contributed by atoms with E-state index in [1.165, 1.54) is 0 Å². The Morgan fingerprint density at radius 1 is 0.909 bits per heavy atom. The molecule has 0 bridgehead atoms. The average Bonchev–Trinajstić information content (AvgIpc) is 3.22. The van der Waals surface area contributed by atoms with Crippen LogP contribution in [0.3, 0.4) is 0 Å². The predicted molar refractivity (Wildman–Crippen MR) is 128 cm³/mol. The molecule has 174 valence electrons. The Balaban J connectivity index is 1.64. The van der Waals surface area contributed by atoms with Crippen molar-refractivity contribution in [1.82, 2.24) is 9.78 Å². The molecule has 6 nitrogen and oxygen atoms in total. The summed E-state index contributed by atoms with van der Waals surface area (Å²) in [5, 5.41) is 5.14. The molecule has 5 rings (SSSR count). The van der Waals surface area contributed by atoms with E-state index in [1.54, 1.807) is 7.11 Å². The third kappa shape index (κ3) is 4.32. The molecule has 0 radical (unpaired) electrons. The van der Waals surface area contributed by atoms with E-state index in [1.807, 2.05) is 41.1 Å². The van der Waals surface area contributed by atoms with Crippen LogP contribution >= 0.6 is 0 Å². The lowest BCUT2D eigenvalue weighted by Crippen LogP contribution is -2.44. The summed E-state index contributed by atoms with van der Waals surface area (Å²) in [7, 11) is 1.69. The van der Waals surface area contributed by atoms with Gasteiger partial charge in [0.15, 0.2) is 11.5 Å². The molecule has 0 unspecified atom stereocenters. The molecule has 1 fully saturated rings. The summed E-state index contributed by atoms with van der Waals surface area (Å²) in [4.78, 5) is 0. The van der Waals surface area contributed by atoms with Gasteiger partial charge in [0.05, 0.1) is 29.7 Å². The Morgan fingerprint density at radius 2 is 1.61 bits per heavy atom. The van der Waals surface area contributed by atoms with Gasteiger partial charge in [-0.3, -0.25) is 0 Å². The van der Waals surface area contributed by atoms with Crippen LogP contribution in [0.15, 0.2) is 48.5 Å². The summed E-state index contributed by atoms with van der Waals surface area (Å²) >= 11 is 0. The average molecular weight is 449 g/mol. The lowest BCUT2D eigenvalue weighted by molar-refractivity contribution is -0.162. The molecule has 2 aliphatic heterocycles. The Hall–Kier alpha value is -2.99. The zero-order valence-electron chi connectivity index (χ0n) is 20.1. The first-order valence-electron chi connectivity index (χ1n) is 11.6. The normalized spacial score (nSPS) is 19.3. The minimum atomic E-state index is -0.211. The molecule has 33 heavy (non-hydrogen) atoms. The number of fused-ring (bicyclic) bond motifs is 1. The maximum atomic E-state index is 6.33. The molecule has 0 N–H and O–H groups in total. The van der Waals surface area contributed by atoms with Gasteiger partial charge in [-0.2, -0.15) is 5.10 Å². The molecule has 0 spiro atoms. The topological polar surface area (TPSA) is 54.7 Å². The summed E-state index contributed by atoms with van der Waals surface area (Å²) < 4.78 is 25.6. The molecule has 0 aliphatic carbocycles. The quantitative estimate of drug-likeness (QED) is 0.507. The second kappa shape index (κ2) is 8.10. The fourth-order valence-electron chi connectivity index (χ4n) is 5.29. The van der Waals surface area contributed by atoms with Gasteiger partial charge in [0, 0.05) is 11.5 Å². The van der Waals surface area contributed by atoms with Gasteiger partial charge in [-0.15, -0.1) is 0 Å². The number of para-hydroxylation sites is 2. The van der Waals surface area contributed by atoms with Crippen molar-refractivity contribution in [1.29, 1.82) is 0 Å². The first kappa shape index (κ1) is 21.8. The SMILES string of the molecule is COc1ccccc1-n1nc(C2CC(C)(C)OC(C)(C)C2)cc1-c1ccc2c(c1)OCCO2. The zero-order valence-corrected chi connectivity index (χ0v) is 20.1. The second-order valence-corrected chi connectivity index (χ2v) is 10.1. The monoisotopic (exact) mass is 448 g/mol. The van der Waals surface area contributed by atoms with Crippen molar-refractivity contribution in [2.24, 2.45) is 0 Å². The van der Waals surface area contributed by atoms with Gasteiger partial charge in [0.2, 0.25) is 0 Å². The maximum absolute atomic E-state index is 6.33. The van der Waals surface area contributed by atoms with Gasteiger partial charge in [0.25, 0.3) is 0 Å². The van der Waals surface area contributed by atoms with Crippen molar-refractivity contribution >= 4 is 0 Å². The van der Waals surface area contributed by atoms with Crippen LogP contribution in [0, 0.1) is 0 Å². The van der Waals surface area contributed by atoms with Crippen LogP contribution in [0.25, 0.3) is 16.9 Å². The van der Waals surface area contributed by atoms with E-state index in [0.717, 1.165) is 52.7 Å². The first-order chi connectivity index (χ1) is 15.7. The van der Waals surface area contributed by atoms with Crippen molar-refractivity contribution in [2.75, 3.05) is 20.3 Å². The van der Waals surface area contributed by atoms with E-state index in [0.29, 0.717) is 13.2 Å². The third-order valence-electron chi connectivity index (χ3n) is 6.33. The third-order valence-corrected chi connectivity index (χ3v) is 6.33. The van der Waals surface area contributed by atoms with Crippen LogP contribution in [-0.4, -0.2) is 41.3 Å². The Bertz CT molecular complexity index is 1150. The lowest BCUT2D eigenvalue weighted by atomic mass is 9.79. The highest BCUT2D eigenvalue weighted by Gasteiger charge is 2.41. The highest BCUT2D eigenvalue weighted by atomic mass is 16.6. The standard InChI is InChI=1S/C27H32N2O4/c1-26(2)16-19(17-27(3,4)33-26)20-15-22(18-10-11-24-25(14-18)32-13-12-31-24)29(28-20)21-8-6-7-9-23(21)30-5/h6-11,14-15,19H,12-13,16-17H2,1-5H3. The van der Waals surface area contributed by atoms with Crippen LogP contribution in [0.5, 0.6) is 17.2 Å². The minimum absolute atomic E-state index is 0.211. The first-order valence-corrected chi connectivity index (χ1v) is 11.6. The van der Waals surface area contributed by atoms with Crippen LogP contribution in [0.2, 0.25) is 0 Å². The molecule has 3 heterocycles. The number of rotatable bonds is 4. The molecule has 3 aromatic rings. The van der Waals surface area contributed by atoms with E-state index in [-0.39, 0.29) is 17.1 Å². The van der Waals surface area contributed by atoms with Gasteiger partial charge >= 0.3 is 0 Å². The maximum Gasteiger partial charge on any atom is 0.162 e. The van der Waals surface area contributed by atoms with Gasteiger partial charge in [-0.25, -0.2) is 4.68 Å². The number of aromatic nitrogens is 2. The molecule has 0 amide bonds.